The van der Waals surface area contributed by atoms with Gasteiger partial charge in [0.15, 0.2) is 5.82 Å². The minimum absolute atomic E-state index is 0.120. The molecule has 1 aromatic heterocycles. The van der Waals surface area contributed by atoms with Crippen molar-refractivity contribution in [2.75, 3.05) is 13.1 Å². The lowest BCUT2D eigenvalue weighted by Gasteiger charge is -2.30. The molecular formula is C15H18N4O5S. The number of piperidine rings is 1. The van der Waals surface area contributed by atoms with Crippen LogP contribution in [-0.4, -0.2) is 40.9 Å². The van der Waals surface area contributed by atoms with E-state index < -0.39 is 14.9 Å². The molecule has 0 amide bonds. The Balaban J connectivity index is 1.75. The first-order valence-corrected chi connectivity index (χ1v) is 9.47. The number of non-ortho nitro benzene ring substituents is 1. The quantitative estimate of drug-likeness (QED) is 0.586. The van der Waals surface area contributed by atoms with Gasteiger partial charge in [0.25, 0.3) is 5.69 Å². The number of sulfonamides is 1. The summed E-state index contributed by atoms with van der Waals surface area (Å²) in [4.78, 5) is 14.5. The van der Waals surface area contributed by atoms with Gasteiger partial charge in [-0.25, -0.2) is 12.7 Å². The zero-order valence-corrected chi connectivity index (χ0v) is 14.5. The van der Waals surface area contributed by atoms with Crippen molar-refractivity contribution in [3.05, 3.63) is 51.7 Å². The van der Waals surface area contributed by atoms with Gasteiger partial charge < -0.3 is 4.52 Å². The van der Waals surface area contributed by atoms with Gasteiger partial charge in [-0.1, -0.05) is 17.3 Å². The van der Waals surface area contributed by atoms with E-state index in [1.807, 2.05) is 0 Å². The van der Waals surface area contributed by atoms with E-state index >= 15 is 0 Å². The van der Waals surface area contributed by atoms with Crippen LogP contribution in [0, 0.1) is 17.0 Å². The van der Waals surface area contributed by atoms with Crippen LogP contribution in [0.25, 0.3) is 0 Å². The predicted octanol–water partition coefficient (Wildman–Crippen LogP) is 2.00. The Morgan fingerprint density at radius 2 is 2.24 bits per heavy atom. The monoisotopic (exact) mass is 366 g/mol. The van der Waals surface area contributed by atoms with Gasteiger partial charge in [-0.15, -0.1) is 0 Å². The van der Waals surface area contributed by atoms with Crippen molar-refractivity contribution in [3.8, 4) is 0 Å². The first-order chi connectivity index (χ1) is 11.8. The van der Waals surface area contributed by atoms with E-state index in [0.717, 1.165) is 6.42 Å². The zero-order valence-electron chi connectivity index (χ0n) is 13.7. The molecule has 9 nitrogen and oxygen atoms in total. The van der Waals surface area contributed by atoms with Crippen LogP contribution in [0.3, 0.4) is 0 Å². The normalized spacial score (nSPS) is 19.0. The molecule has 3 rings (SSSR count). The predicted molar refractivity (Wildman–Crippen MR) is 88.3 cm³/mol. The maximum atomic E-state index is 12.7. The largest absolute Gasteiger partial charge is 0.339 e. The number of hydrogen-bond acceptors (Lipinski definition) is 7. The highest BCUT2D eigenvalue weighted by Gasteiger charge is 2.32. The summed E-state index contributed by atoms with van der Waals surface area (Å²) < 4.78 is 32.0. The number of rotatable bonds is 5. The third-order valence-corrected chi connectivity index (χ3v) is 5.96. The molecule has 0 bridgehead atoms. The van der Waals surface area contributed by atoms with Crippen molar-refractivity contribution in [2.45, 2.75) is 31.4 Å². The van der Waals surface area contributed by atoms with E-state index in [1.54, 1.807) is 13.0 Å². The van der Waals surface area contributed by atoms with Crippen molar-refractivity contribution in [1.29, 1.82) is 0 Å². The van der Waals surface area contributed by atoms with E-state index in [1.165, 1.54) is 22.5 Å². The molecule has 1 atom stereocenters. The van der Waals surface area contributed by atoms with Crippen LogP contribution in [0.1, 0.15) is 36.0 Å². The summed E-state index contributed by atoms with van der Waals surface area (Å²) in [5, 5.41) is 14.6. The smallest absolute Gasteiger partial charge is 0.269 e. The van der Waals surface area contributed by atoms with Gasteiger partial charge in [-0.05, 0) is 25.3 Å². The third kappa shape index (κ3) is 4.02. The molecule has 0 unspecified atom stereocenters. The molecular weight excluding hydrogens is 348 g/mol. The van der Waals surface area contributed by atoms with Crippen molar-refractivity contribution < 1.29 is 17.9 Å². The zero-order chi connectivity index (χ0) is 18.0. The van der Waals surface area contributed by atoms with Crippen LogP contribution >= 0.6 is 0 Å². The Kier molecular flexibility index (Phi) is 4.82. The maximum Gasteiger partial charge on any atom is 0.269 e. The highest BCUT2D eigenvalue weighted by molar-refractivity contribution is 7.88. The molecule has 134 valence electrons. The molecule has 25 heavy (non-hydrogen) atoms. The number of aromatic nitrogens is 2. The van der Waals surface area contributed by atoms with Gasteiger partial charge in [0.2, 0.25) is 15.9 Å². The average Bonchev–Trinajstić information content (AvgIpc) is 3.01. The fourth-order valence-corrected chi connectivity index (χ4v) is 4.54. The highest BCUT2D eigenvalue weighted by Crippen LogP contribution is 2.28. The van der Waals surface area contributed by atoms with E-state index in [4.69, 9.17) is 4.52 Å². The fraction of sp³-hybridized carbons (Fsp3) is 0.467. The molecule has 0 radical (unpaired) electrons. The number of nitro benzene ring substituents is 1. The fourth-order valence-electron chi connectivity index (χ4n) is 2.94. The molecule has 0 aliphatic carbocycles. The minimum Gasteiger partial charge on any atom is -0.339 e. The van der Waals surface area contributed by atoms with E-state index in [0.29, 0.717) is 30.2 Å². The summed E-state index contributed by atoms with van der Waals surface area (Å²) >= 11 is 0. The average molecular weight is 366 g/mol. The lowest BCUT2D eigenvalue weighted by Crippen LogP contribution is -2.39. The first-order valence-electron chi connectivity index (χ1n) is 7.86. The molecule has 2 heterocycles. The van der Waals surface area contributed by atoms with Gasteiger partial charge in [-0.3, -0.25) is 10.1 Å². The van der Waals surface area contributed by atoms with Gasteiger partial charge in [0, 0.05) is 25.2 Å². The molecule has 0 N–H and O–H groups in total. The van der Waals surface area contributed by atoms with E-state index in [9.17, 15) is 18.5 Å². The molecule has 0 saturated carbocycles. The summed E-state index contributed by atoms with van der Waals surface area (Å²) in [6.45, 7) is 2.41. The summed E-state index contributed by atoms with van der Waals surface area (Å²) in [6.07, 6.45) is 1.48. The number of nitro groups is 1. The van der Waals surface area contributed by atoms with Gasteiger partial charge in [0.05, 0.1) is 16.6 Å². The van der Waals surface area contributed by atoms with Crippen molar-refractivity contribution >= 4 is 15.7 Å². The van der Waals surface area contributed by atoms with Gasteiger partial charge >= 0.3 is 0 Å². The second-order valence-corrected chi connectivity index (χ2v) is 8.03. The summed E-state index contributed by atoms with van der Waals surface area (Å²) in [5.74, 6) is 0.568. The van der Waals surface area contributed by atoms with Crippen molar-refractivity contribution in [2.24, 2.45) is 0 Å². The number of aryl methyl sites for hydroxylation is 1. The Hall–Kier alpha value is -2.33. The number of nitrogens with zero attached hydrogens (tertiary/aromatic N) is 4. The van der Waals surface area contributed by atoms with E-state index in [-0.39, 0.29) is 23.9 Å². The molecule has 1 saturated heterocycles. The van der Waals surface area contributed by atoms with E-state index in [2.05, 4.69) is 10.1 Å². The summed E-state index contributed by atoms with van der Waals surface area (Å²) in [7, 11) is -3.59. The topological polar surface area (TPSA) is 119 Å². The molecule has 1 fully saturated rings. The molecule has 10 heteroatoms. The number of benzene rings is 1. The molecule has 1 aromatic carbocycles. The Morgan fingerprint density at radius 1 is 1.44 bits per heavy atom. The lowest BCUT2D eigenvalue weighted by atomic mass is 10.00. The molecule has 0 spiro atoms. The van der Waals surface area contributed by atoms with Gasteiger partial charge in [0.1, 0.15) is 0 Å². The van der Waals surface area contributed by atoms with Crippen LogP contribution in [0.2, 0.25) is 0 Å². The van der Waals surface area contributed by atoms with Crippen LogP contribution < -0.4 is 0 Å². The van der Waals surface area contributed by atoms with Crippen LogP contribution in [0.4, 0.5) is 5.69 Å². The van der Waals surface area contributed by atoms with Gasteiger partial charge in [-0.2, -0.15) is 4.98 Å². The second kappa shape index (κ2) is 6.89. The Morgan fingerprint density at radius 3 is 2.92 bits per heavy atom. The summed E-state index contributed by atoms with van der Waals surface area (Å²) in [5.41, 5.74) is 0.274. The van der Waals surface area contributed by atoms with Crippen LogP contribution in [0.5, 0.6) is 0 Å². The lowest BCUT2D eigenvalue weighted by molar-refractivity contribution is -0.384. The molecule has 1 aliphatic heterocycles. The third-order valence-electron chi connectivity index (χ3n) is 4.14. The van der Waals surface area contributed by atoms with Crippen LogP contribution in [-0.2, 0) is 15.8 Å². The van der Waals surface area contributed by atoms with Crippen molar-refractivity contribution in [3.63, 3.8) is 0 Å². The van der Waals surface area contributed by atoms with Crippen LogP contribution in [0.15, 0.2) is 28.8 Å². The first kappa shape index (κ1) is 17.5. The number of hydrogen-bond donors (Lipinski definition) is 0. The van der Waals surface area contributed by atoms with Crippen molar-refractivity contribution in [1.82, 2.24) is 14.4 Å². The Labute approximate surface area is 144 Å². The Bertz CT molecular complexity index is 880. The standard InChI is InChI=1S/C15H18N4O5S/c1-11-16-15(24-17-11)13-5-3-7-18(9-13)25(22,23)10-12-4-2-6-14(8-12)19(20)21/h2,4,6,8,13H,3,5,7,9-10H2,1H3/t13-/m1/s1. The second-order valence-electron chi connectivity index (χ2n) is 6.06. The highest BCUT2D eigenvalue weighted by atomic mass is 32.2. The molecule has 2 aromatic rings. The maximum absolute atomic E-state index is 12.7. The molecule has 1 aliphatic rings. The summed E-state index contributed by atoms with van der Waals surface area (Å²) in [6, 6.07) is 5.70. The SMILES string of the molecule is Cc1noc([C@@H]2CCCN(S(=O)(=O)Cc3cccc([N+](=O)[O-])c3)C2)n1. The minimum atomic E-state index is -3.59.